The van der Waals surface area contributed by atoms with Crippen LogP contribution in [-0.2, 0) is 9.12 Å². The summed E-state index contributed by atoms with van der Waals surface area (Å²) in [5, 5.41) is 2.02. The smallest absolute Gasteiger partial charge is 0.231 e. The molecule has 3 heteroatoms. The first kappa shape index (κ1) is 13.4. The predicted octanol–water partition coefficient (Wildman–Crippen LogP) is 4.24. The molecule has 1 atom stereocenters. The number of hydrogen-bond acceptors (Lipinski definition) is 2. The number of halogens is 1. The lowest BCUT2D eigenvalue weighted by Gasteiger charge is -2.23. The average Bonchev–Trinajstić information content (AvgIpc) is 2.77. The minimum absolute atomic E-state index is 0.426. The lowest BCUT2D eigenvalue weighted by molar-refractivity contribution is -0.115. The summed E-state index contributed by atoms with van der Waals surface area (Å²) >= 11 is 3.61. The van der Waals surface area contributed by atoms with Crippen molar-refractivity contribution >= 4 is 38.3 Å². The van der Waals surface area contributed by atoms with E-state index >= 15 is 0 Å². The van der Waals surface area contributed by atoms with Gasteiger partial charge in [-0.05, 0) is 21.9 Å². The molecule has 0 spiro atoms. The summed E-state index contributed by atoms with van der Waals surface area (Å²) < 4.78 is -1.10. The van der Waals surface area contributed by atoms with E-state index in [1.807, 2.05) is 54.6 Å². The minimum atomic E-state index is -1.10. The molecule has 0 aliphatic heterocycles. The second-order valence-electron chi connectivity index (χ2n) is 5.39. The summed E-state index contributed by atoms with van der Waals surface area (Å²) in [7, 11) is 0. The van der Waals surface area contributed by atoms with Gasteiger partial charge in [0.05, 0.1) is 0 Å². The highest BCUT2D eigenvalue weighted by Crippen LogP contribution is 2.48. The minimum Gasteiger partial charge on any atom is -0.288 e. The number of alkyl halides is 1. The molecule has 0 aromatic heterocycles. The standard InChI is InChI=1S/C19H11BrO2/c20-19(15-11-5-7-12-6-1-2-8-13(12)15)16-10-4-3-9-14(16)17(21)18(19)22/h1-11H. The number of hydrogen-bond donors (Lipinski definition) is 0. The van der Waals surface area contributed by atoms with Gasteiger partial charge in [-0.15, -0.1) is 0 Å². The Hall–Kier alpha value is -2.26. The van der Waals surface area contributed by atoms with Gasteiger partial charge in [0.1, 0.15) is 4.32 Å². The molecule has 0 bridgehead atoms. The number of carbonyl (C=O) groups excluding carboxylic acids is 2. The first-order chi connectivity index (χ1) is 10.6. The fraction of sp³-hybridized carbons (Fsp3) is 0.0526. The van der Waals surface area contributed by atoms with E-state index in [2.05, 4.69) is 15.9 Å². The van der Waals surface area contributed by atoms with Crippen LogP contribution in [0.4, 0.5) is 0 Å². The van der Waals surface area contributed by atoms with Crippen molar-refractivity contribution in [3.8, 4) is 0 Å². The third kappa shape index (κ3) is 1.60. The summed E-state index contributed by atoms with van der Waals surface area (Å²) in [6.45, 7) is 0. The normalized spacial score (nSPS) is 20.4. The Morgan fingerprint density at radius 3 is 2.23 bits per heavy atom. The summed E-state index contributed by atoms with van der Waals surface area (Å²) in [4.78, 5) is 25.1. The monoisotopic (exact) mass is 350 g/mol. The summed E-state index contributed by atoms with van der Waals surface area (Å²) in [6, 6.07) is 20.9. The predicted molar refractivity (Wildman–Crippen MR) is 89.4 cm³/mol. The van der Waals surface area contributed by atoms with Crippen molar-refractivity contribution in [2.24, 2.45) is 0 Å². The van der Waals surface area contributed by atoms with Crippen LogP contribution in [0.15, 0.2) is 66.7 Å². The van der Waals surface area contributed by atoms with Crippen molar-refractivity contribution in [1.82, 2.24) is 0 Å². The van der Waals surface area contributed by atoms with Gasteiger partial charge in [-0.1, -0.05) is 82.7 Å². The maximum absolute atomic E-state index is 12.7. The molecule has 3 aromatic rings. The fourth-order valence-electron chi connectivity index (χ4n) is 3.18. The molecule has 106 valence electrons. The van der Waals surface area contributed by atoms with E-state index in [9.17, 15) is 9.59 Å². The molecular weight excluding hydrogens is 340 g/mol. The molecule has 0 fully saturated rings. The Bertz CT molecular complexity index is 940. The second-order valence-corrected chi connectivity index (χ2v) is 6.58. The molecule has 4 rings (SSSR count). The van der Waals surface area contributed by atoms with Crippen molar-refractivity contribution in [3.63, 3.8) is 0 Å². The van der Waals surface area contributed by atoms with Gasteiger partial charge in [0.2, 0.25) is 11.6 Å². The van der Waals surface area contributed by atoms with Crippen LogP contribution in [0, 0.1) is 0 Å². The number of Topliss-reactive ketones (excluding diaryl/α,β-unsaturated/α-hetero) is 2. The van der Waals surface area contributed by atoms with E-state index in [1.54, 1.807) is 12.1 Å². The zero-order chi connectivity index (χ0) is 15.3. The van der Waals surface area contributed by atoms with Crippen molar-refractivity contribution in [3.05, 3.63) is 83.4 Å². The van der Waals surface area contributed by atoms with E-state index in [0.29, 0.717) is 5.56 Å². The van der Waals surface area contributed by atoms with Crippen LogP contribution < -0.4 is 0 Å². The van der Waals surface area contributed by atoms with Crippen LogP contribution in [0.2, 0.25) is 0 Å². The summed E-state index contributed by atoms with van der Waals surface area (Å²) in [5.41, 5.74) is 2.02. The molecule has 3 aromatic carbocycles. The first-order valence-corrected chi connectivity index (χ1v) is 7.79. The lowest BCUT2D eigenvalue weighted by Crippen LogP contribution is -2.29. The highest BCUT2D eigenvalue weighted by atomic mass is 79.9. The molecule has 0 saturated carbocycles. The Morgan fingerprint density at radius 1 is 0.727 bits per heavy atom. The van der Waals surface area contributed by atoms with Gasteiger partial charge in [0.25, 0.3) is 0 Å². The van der Waals surface area contributed by atoms with Gasteiger partial charge in [-0.25, -0.2) is 0 Å². The Kier molecular flexibility index (Phi) is 2.81. The van der Waals surface area contributed by atoms with Crippen molar-refractivity contribution in [1.29, 1.82) is 0 Å². The Morgan fingerprint density at radius 2 is 1.36 bits per heavy atom. The molecule has 1 aliphatic rings. The van der Waals surface area contributed by atoms with Gasteiger partial charge >= 0.3 is 0 Å². The maximum atomic E-state index is 12.7. The van der Waals surface area contributed by atoms with E-state index in [-0.39, 0.29) is 0 Å². The third-order valence-electron chi connectivity index (χ3n) is 4.22. The summed E-state index contributed by atoms with van der Waals surface area (Å²) in [6.07, 6.45) is 0. The molecular formula is C19H11BrO2. The Balaban J connectivity index is 2.10. The van der Waals surface area contributed by atoms with Crippen LogP contribution in [0.3, 0.4) is 0 Å². The van der Waals surface area contributed by atoms with E-state index < -0.39 is 15.9 Å². The molecule has 0 amide bonds. The first-order valence-electron chi connectivity index (χ1n) is 7.00. The number of benzene rings is 3. The highest BCUT2D eigenvalue weighted by Gasteiger charge is 2.51. The molecule has 0 heterocycles. The number of rotatable bonds is 1. The highest BCUT2D eigenvalue weighted by molar-refractivity contribution is 9.10. The van der Waals surface area contributed by atoms with Gasteiger partial charge < -0.3 is 0 Å². The van der Waals surface area contributed by atoms with Crippen molar-refractivity contribution < 1.29 is 9.59 Å². The van der Waals surface area contributed by atoms with Crippen molar-refractivity contribution in [2.75, 3.05) is 0 Å². The fourth-order valence-corrected chi connectivity index (χ4v) is 4.05. The maximum Gasteiger partial charge on any atom is 0.231 e. The summed E-state index contributed by atoms with van der Waals surface area (Å²) in [5.74, 6) is -0.856. The average molecular weight is 351 g/mol. The zero-order valence-corrected chi connectivity index (χ0v) is 13.1. The van der Waals surface area contributed by atoms with Gasteiger partial charge in [0.15, 0.2) is 0 Å². The van der Waals surface area contributed by atoms with Gasteiger partial charge in [0, 0.05) is 5.56 Å². The third-order valence-corrected chi connectivity index (χ3v) is 5.44. The molecule has 0 radical (unpaired) electrons. The van der Waals surface area contributed by atoms with Crippen LogP contribution >= 0.6 is 15.9 Å². The second kappa shape index (κ2) is 4.62. The van der Waals surface area contributed by atoms with Crippen LogP contribution in [0.1, 0.15) is 21.5 Å². The molecule has 1 aliphatic carbocycles. The molecule has 1 unspecified atom stereocenters. The largest absolute Gasteiger partial charge is 0.288 e. The topological polar surface area (TPSA) is 34.1 Å². The molecule has 22 heavy (non-hydrogen) atoms. The van der Waals surface area contributed by atoms with E-state index in [1.165, 1.54) is 0 Å². The molecule has 0 saturated heterocycles. The zero-order valence-electron chi connectivity index (χ0n) is 11.5. The number of fused-ring (bicyclic) bond motifs is 2. The van der Waals surface area contributed by atoms with Crippen molar-refractivity contribution in [2.45, 2.75) is 4.32 Å². The SMILES string of the molecule is O=C1C(=O)C(Br)(c2cccc3ccccc23)c2ccccc21. The van der Waals surface area contributed by atoms with Gasteiger partial charge in [-0.3, -0.25) is 9.59 Å². The quantitative estimate of drug-likeness (QED) is 0.485. The van der Waals surface area contributed by atoms with Gasteiger partial charge in [-0.2, -0.15) is 0 Å². The van der Waals surface area contributed by atoms with Crippen LogP contribution in [0.5, 0.6) is 0 Å². The van der Waals surface area contributed by atoms with E-state index in [0.717, 1.165) is 21.9 Å². The molecule has 0 N–H and O–H groups in total. The number of carbonyl (C=O) groups is 2. The van der Waals surface area contributed by atoms with Crippen LogP contribution in [-0.4, -0.2) is 11.6 Å². The van der Waals surface area contributed by atoms with E-state index in [4.69, 9.17) is 0 Å². The lowest BCUT2D eigenvalue weighted by atomic mass is 9.88. The number of ketones is 2. The van der Waals surface area contributed by atoms with Crippen LogP contribution in [0.25, 0.3) is 10.8 Å². The Labute approximate surface area is 135 Å². The molecule has 2 nitrogen and oxygen atoms in total.